The van der Waals surface area contributed by atoms with E-state index in [0.29, 0.717) is 27.2 Å². The minimum absolute atomic E-state index is 0.0544. The van der Waals surface area contributed by atoms with Crippen LogP contribution < -0.4 is 14.9 Å². The van der Waals surface area contributed by atoms with E-state index in [-0.39, 0.29) is 24.7 Å². The van der Waals surface area contributed by atoms with Crippen molar-refractivity contribution in [3.05, 3.63) is 127 Å². The highest BCUT2D eigenvalue weighted by molar-refractivity contribution is 7.98. The van der Waals surface area contributed by atoms with Gasteiger partial charge in [0, 0.05) is 33.1 Å². The van der Waals surface area contributed by atoms with Crippen molar-refractivity contribution < 1.29 is 19.1 Å². The Bertz CT molecular complexity index is 2110. The minimum atomic E-state index is -0.751. The van der Waals surface area contributed by atoms with E-state index in [2.05, 4.69) is 0 Å². The Morgan fingerprint density at radius 1 is 0.956 bits per heavy atom. The molecule has 45 heavy (non-hydrogen) atoms. The third-order valence-electron chi connectivity index (χ3n) is 7.52. The fourth-order valence-electron chi connectivity index (χ4n) is 5.55. The molecule has 1 aliphatic heterocycles. The van der Waals surface area contributed by atoms with Crippen molar-refractivity contribution in [3.63, 3.8) is 0 Å². The van der Waals surface area contributed by atoms with Crippen LogP contribution in [-0.4, -0.2) is 40.5 Å². The fourth-order valence-corrected chi connectivity index (χ4v) is 6.95. The number of aromatic nitrogens is 2. The van der Waals surface area contributed by atoms with Gasteiger partial charge < -0.3 is 14.0 Å². The summed E-state index contributed by atoms with van der Waals surface area (Å²) in [6.45, 7) is 4.07. The van der Waals surface area contributed by atoms with Crippen LogP contribution in [0.2, 0.25) is 0 Å². The van der Waals surface area contributed by atoms with E-state index in [1.807, 2.05) is 102 Å². The summed E-state index contributed by atoms with van der Waals surface area (Å²) in [4.78, 5) is 46.8. The number of nitrogens with zero attached hydrogens (tertiary/aromatic N) is 3. The average molecular weight is 638 g/mol. The van der Waals surface area contributed by atoms with Gasteiger partial charge in [-0.25, -0.2) is 9.79 Å². The lowest BCUT2D eigenvalue weighted by Gasteiger charge is -2.26. The smallest absolute Gasteiger partial charge is 0.338 e. The Labute approximate surface area is 267 Å². The predicted molar refractivity (Wildman–Crippen MR) is 178 cm³/mol. The predicted octanol–water partition coefficient (Wildman–Crippen LogP) is 5.18. The quantitative estimate of drug-likeness (QED) is 0.164. The molecule has 0 amide bonds. The van der Waals surface area contributed by atoms with Gasteiger partial charge in [0.25, 0.3) is 5.56 Å². The zero-order valence-electron chi connectivity index (χ0n) is 25.1. The van der Waals surface area contributed by atoms with Gasteiger partial charge in [0.1, 0.15) is 6.54 Å². The molecule has 0 spiro atoms. The van der Waals surface area contributed by atoms with Gasteiger partial charge in [-0.15, -0.1) is 11.8 Å². The monoisotopic (exact) mass is 637 g/mol. The van der Waals surface area contributed by atoms with Crippen LogP contribution in [0.4, 0.5) is 0 Å². The number of rotatable bonds is 9. The van der Waals surface area contributed by atoms with Crippen LogP contribution in [0.5, 0.6) is 0 Å². The summed E-state index contributed by atoms with van der Waals surface area (Å²) >= 11 is 2.88. The largest absolute Gasteiger partial charge is 0.465 e. The van der Waals surface area contributed by atoms with Crippen molar-refractivity contribution in [1.29, 1.82) is 0 Å². The highest BCUT2D eigenvalue weighted by Crippen LogP contribution is 2.35. The molecule has 0 bridgehead atoms. The molecule has 6 rings (SSSR count). The minimum Gasteiger partial charge on any atom is -0.465 e. The van der Waals surface area contributed by atoms with Gasteiger partial charge in [-0.1, -0.05) is 72.0 Å². The summed E-state index contributed by atoms with van der Waals surface area (Å²) in [7, 11) is 0. The van der Waals surface area contributed by atoms with Crippen molar-refractivity contribution >= 4 is 57.7 Å². The third kappa shape index (κ3) is 5.91. The van der Waals surface area contributed by atoms with Crippen LogP contribution in [-0.2, 0) is 25.6 Å². The molecule has 3 heterocycles. The number of thiazole rings is 1. The second kappa shape index (κ2) is 13.1. The van der Waals surface area contributed by atoms with Crippen molar-refractivity contribution in [3.8, 4) is 0 Å². The van der Waals surface area contributed by atoms with E-state index in [1.165, 1.54) is 11.3 Å². The Balaban J connectivity index is 1.59. The maximum absolute atomic E-state index is 14.3. The molecule has 0 unspecified atom stereocenters. The molecule has 1 atom stereocenters. The van der Waals surface area contributed by atoms with Crippen molar-refractivity contribution in [2.75, 3.05) is 19.5 Å². The van der Waals surface area contributed by atoms with Gasteiger partial charge in [0.15, 0.2) is 4.80 Å². The van der Waals surface area contributed by atoms with E-state index in [4.69, 9.17) is 14.5 Å². The second-order valence-electron chi connectivity index (χ2n) is 10.2. The van der Waals surface area contributed by atoms with Gasteiger partial charge in [-0.05, 0) is 49.9 Å². The van der Waals surface area contributed by atoms with Gasteiger partial charge in [0.2, 0.25) is 0 Å². The number of hydrogen-bond acceptors (Lipinski definition) is 8. The topological polar surface area (TPSA) is 91.9 Å². The maximum atomic E-state index is 14.3. The third-order valence-corrected chi connectivity index (χ3v) is 9.24. The molecule has 0 fully saturated rings. The molecule has 0 saturated carbocycles. The molecular weight excluding hydrogens is 607 g/mol. The lowest BCUT2D eigenvalue weighted by atomic mass is 9.93. The summed E-state index contributed by atoms with van der Waals surface area (Å²) in [5.74, 6) is -0.855. The van der Waals surface area contributed by atoms with E-state index in [1.54, 1.807) is 30.2 Å². The average Bonchev–Trinajstić information content (AvgIpc) is 3.56. The number of hydrogen-bond donors (Lipinski definition) is 0. The number of para-hydroxylation sites is 1. The summed E-state index contributed by atoms with van der Waals surface area (Å²) in [5, 5.41) is 0.897. The Hall–Kier alpha value is -4.67. The number of thioether (sulfide) groups is 1. The first kappa shape index (κ1) is 30.4. The Morgan fingerprint density at radius 3 is 2.38 bits per heavy atom. The molecule has 8 nitrogen and oxygen atoms in total. The lowest BCUT2D eigenvalue weighted by Crippen LogP contribution is -2.40. The second-order valence-corrected chi connectivity index (χ2v) is 12.1. The molecule has 0 aliphatic carbocycles. The number of carbonyl (C=O) groups is 2. The molecule has 228 valence electrons. The van der Waals surface area contributed by atoms with Crippen LogP contribution in [0, 0.1) is 0 Å². The van der Waals surface area contributed by atoms with Gasteiger partial charge >= 0.3 is 11.9 Å². The first-order chi connectivity index (χ1) is 21.9. The molecule has 0 saturated heterocycles. The highest BCUT2D eigenvalue weighted by Gasteiger charge is 2.35. The highest BCUT2D eigenvalue weighted by atomic mass is 32.2. The summed E-state index contributed by atoms with van der Waals surface area (Å²) in [6, 6.07) is 24.3. The van der Waals surface area contributed by atoms with E-state index in [0.717, 1.165) is 32.5 Å². The zero-order valence-corrected chi connectivity index (χ0v) is 26.7. The van der Waals surface area contributed by atoms with Crippen LogP contribution in [0.3, 0.4) is 0 Å². The number of esters is 2. The summed E-state index contributed by atoms with van der Waals surface area (Å²) in [6.07, 6.45) is 5.69. The SMILES string of the molecule is CCOC(=O)Cn1cc(/C=c2\sc3n(c2=O)[C@H](c2ccc(SC)cc2)C(C(=O)OCC)=C(c2ccccc2)N=3)c2ccccc21. The van der Waals surface area contributed by atoms with E-state index >= 15 is 0 Å². The Morgan fingerprint density at radius 2 is 1.67 bits per heavy atom. The van der Waals surface area contributed by atoms with Crippen molar-refractivity contribution in [1.82, 2.24) is 9.13 Å². The Kier molecular flexibility index (Phi) is 8.86. The van der Waals surface area contributed by atoms with Crippen LogP contribution in [0.15, 0.2) is 105 Å². The summed E-state index contributed by atoms with van der Waals surface area (Å²) < 4.78 is 14.6. The standard InChI is InChI=1S/C35H31N3O5S2/c1-4-42-29(39)21-37-20-24(26-13-9-10-14-27(26)37)19-28-33(40)38-32(23-15-17-25(44-3)18-16-23)30(34(41)43-5-2)31(36-35(38)45-28)22-11-7-6-8-12-22/h6-20,32H,4-5,21H2,1-3H3/b28-19-/t32-/m1/s1. The van der Waals surface area contributed by atoms with Crippen molar-refractivity contribution in [2.24, 2.45) is 4.99 Å². The van der Waals surface area contributed by atoms with Crippen molar-refractivity contribution in [2.45, 2.75) is 31.3 Å². The van der Waals surface area contributed by atoms with Gasteiger partial charge in [-0.2, -0.15) is 0 Å². The number of carbonyl (C=O) groups excluding carboxylic acids is 2. The summed E-state index contributed by atoms with van der Waals surface area (Å²) in [5.41, 5.74) is 3.69. The molecule has 3 aromatic carbocycles. The first-order valence-electron chi connectivity index (χ1n) is 14.6. The number of benzene rings is 3. The molecule has 10 heteroatoms. The molecule has 0 radical (unpaired) electrons. The van der Waals surface area contributed by atoms with Gasteiger partial charge in [-0.3, -0.25) is 14.2 Å². The molecule has 2 aromatic heterocycles. The van der Waals surface area contributed by atoms with Crippen LogP contribution in [0.1, 0.15) is 36.6 Å². The first-order valence-corrected chi connectivity index (χ1v) is 16.6. The maximum Gasteiger partial charge on any atom is 0.338 e. The molecule has 1 aliphatic rings. The molecule has 5 aromatic rings. The number of ether oxygens (including phenoxy) is 2. The normalized spacial score (nSPS) is 14.7. The van der Waals surface area contributed by atoms with E-state index < -0.39 is 12.0 Å². The molecule has 0 N–H and O–H groups in total. The van der Waals surface area contributed by atoms with Gasteiger partial charge in [0.05, 0.1) is 35.1 Å². The van der Waals surface area contributed by atoms with Crippen LogP contribution in [0.25, 0.3) is 22.7 Å². The van der Waals surface area contributed by atoms with Crippen LogP contribution >= 0.6 is 23.1 Å². The molecular formula is C35H31N3O5S2. The zero-order chi connectivity index (χ0) is 31.5. The number of fused-ring (bicyclic) bond motifs is 2. The lowest BCUT2D eigenvalue weighted by molar-refractivity contribution is -0.143. The fraction of sp³-hybridized carbons (Fsp3) is 0.200. The van der Waals surface area contributed by atoms with E-state index in [9.17, 15) is 14.4 Å².